The summed E-state index contributed by atoms with van der Waals surface area (Å²) < 4.78 is 0. The molecular weight excluding hydrogens is 408 g/mol. The van der Waals surface area contributed by atoms with Crippen LogP contribution >= 0.6 is 0 Å². The molecule has 0 aliphatic heterocycles. The molecule has 0 heterocycles. The molecule has 10 atom stereocenters. The van der Waals surface area contributed by atoms with Gasteiger partial charge in [-0.2, -0.15) is 0 Å². The molecule has 4 aliphatic rings. The van der Waals surface area contributed by atoms with Crippen molar-refractivity contribution < 1.29 is 15.3 Å². The van der Waals surface area contributed by atoms with Gasteiger partial charge in [0.1, 0.15) is 0 Å². The van der Waals surface area contributed by atoms with E-state index in [9.17, 15) is 15.3 Å². The highest BCUT2D eigenvalue weighted by Gasteiger charge is 2.71. The Labute approximate surface area is 204 Å². The van der Waals surface area contributed by atoms with Gasteiger partial charge in [-0.25, -0.2) is 0 Å². The van der Waals surface area contributed by atoms with Crippen LogP contribution in [-0.2, 0) is 0 Å². The minimum Gasteiger partial charge on any atom is -0.393 e. The molecule has 4 rings (SSSR count). The third kappa shape index (κ3) is 3.69. The van der Waals surface area contributed by atoms with Gasteiger partial charge >= 0.3 is 0 Å². The Bertz CT molecular complexity index is 728. The Kier molecular flexibility index (Phi) is 6.45. The Morgan fingerprint density at radius 3 is 2.15 bits per heavy atom. The fourth-order valence-electron chi connectivity index (χ4n) is 10.5. The molecule has 0 spiro atoms. The van der Waals surface area contributed by atoms with Crippen LogP contribution in [0.15, 0.2) is 0 Å². The molecule has 33 heavy (non-hydrogen) atoms. The fourth-order valence-corrected chi connectivity index (χ4v) is 10.5. The molecule has 0 aromatic rings. The maximum atomic E-state index is 11.8. The number of hydrogen-bond acceptors (Lipinski definition) is 3. The van der Waals surface area contributed by atoms with E-state index in [2.05, 4.69) is 55.4 Å². The first-order chi connectivity index (χ1) is 15.1. The minimum atomic E-state index is -0.695. The molecule has 4 saturated carbocycles. The molecule has 3 N–H and O–H groups in total. The summed E-state index contributed by atoms with van der Waals surface area (Å²) in [5.41, 5.74) is -0.336. The Hall–Kier alpha value is -0.120. The summed E-state index contributed by atoms with van der Waals surface area (Å²) in [6, 6.07) is 0. The van der Waals surface area contributed by atoms with Crippen LogP contribution in [0.5, 0.6) is 0 Å². The van der Waals surface area contributed by atoms with E-state index in [4.69, 9.17) is 0 Å². The second-order valence-corrected chi connectivity index (χ2v) is 15.0. The summed E-state index contributed by atoms with van der Waals surface area (Å²) in [5.74, 6) is 2.04. The second-order valence-electron chi connectivity index (χ2n) is 15.0. The van der Waals surface area contributed by atoms with Gasteiger partial charge in [0.2, 0.25) is 0 Å². The summed E-state index contributed by atoms with van der Waals surface area (Å²) in [6.07, 6.45) is 9.90. The summed E-state index contributed by atoms with van der Waals surface area (Å²) >= 11 is 0. The quantitative estimate of drug-likeness (QED) is 0.432. The molecule has 3 heteroatoms. The standard InChI is InChI=1S/C30H54O3/c1-19(2)10-9-14-30(8,33)20-11-16-29(7)25(20)21(31)18-23-27(5)15-13-24(32)26(3,4)22(27)12-17-28(23,29)6/h19-25,31-33H,9-18H2,1-8H3/t20-,21+,22-,23+,24-,25-,27-,28+,29+,30+/m0/s1. The van der Waals surface area contributed by atoms with Crippen molar-refractivity contribution in [2.75, 3.05) is 0 Å². The largest absolute Gasteiger partial charge is 0.393 e. The topological polar surface area (TPSA) is 60.7 Å². The number of fused-ring (bicyclic) bond motifs is 5. The lowest BCUT2D eigenvalue weighted by Gasteiger charge is -2.70. The minimum absolute atomic E-state index is 0.0602. The van der Waals surface area contributed by atoms with E-state index in [0.717, 1.165) is 51.4 Å². The Morgan fingerprint density at radius 1 is 0.879 bits per heavy atom. The van der Waals surface area contributed by atoms with Crippen LogP contribution in [0.2, 0.25) is 0 Å². The summed E-state index contributed by atoms with van der Waals surface area (Å²) in [4.78, 5) is 0. The van der Waals surface area contributed by atoms with E-state index in [0.29, 0.717) is 17.8 Å². The zero-order chi connectivity index (χ0) is 24.6. The molecule has 0 saturated heterocycles. The van der Waals surface area contributed by atoms with E-state index in [1.165, 1.54) is 12.8 Å². The van der Waals surface area contributed by atoms with Crippen LogP contribution in [0.1, 0.15) is 120 Å². The van der Waals surface area contributed by atoms with Gasteiger partial charge in [0.25, 0.3) is 0 Å². The zero-order valence-electron chi connectivity index (χ0n) is 23.0. The van der Waals surface area contributed by atoms with Gasteiger partial charge in [-0.15, -0.1) is 0 Å². The SMILES string of the molecule is CC(C)CCC[C@@](C)(O)[C@H]1CC[C@]2(C)[C@@H]1[C@H](O)C[C@@H]1[C@@]3(C)CC[C@H](O)C(C)(C)[C@@H]3CC[C@]12C. The van der Waals surface area contributed by atoms with Crippen molar-refractivity contribution in [3.63, 3.8) is 0 Å². The van der Waals surface area contributed by atoms with Crippen LogP contribution in [-0.4, -0.2) is 33.1 Å². The molecule has 4 aliphatic carbocycles. The maximum absolute atomic E-state index is 11.8. The highest BCUT2D eigenvalue weighted by Crippen LogP contribution is 2.75. The lowest BCUT2D eigenvalue weighted by molar-refractivity contribution is -0.246. The van der Waals surface area contributed by atoms with E-state index < -0.39 is 5.60 Å². The van der Waals surface area contributed by atoms with Crippen molar-refractivity contribution in [1.29, 1.82) is 0 Å². The predicted octanol–water partition coefficient (Wildman–Crippen LogP) is 6.58. The normalized spacial score (nSPS) is 50.9. The van der Waals surface area contributed by atoms with Gasteiger partial charge in [0, 0.05) is 0 Å². The number of aliphatic hydroxyl groups is 3. The van der Waals surface area contributed by atoms with Gasteiger partial charge in [-0.05, 0) is 110 Å². The van der Waals surface area contributed by atoms with E-state index in [1.54, 1.807) is 0 Å². The van der Waals surface area contributed by atoms with Gasteiger partial charge in [0.05, 0.1) is 17.8 Å². The molecule has 0 aromatic heterocycles. The molecule has 4 fully saturated rings. The van der Waals surface area contributed by atoms with Crippen molar-refractivity contribution in [2.24, 2.45) is 51.2 Å². The monoisotopic (exact) mass is 462 g/mol. The van der Waals surface area contributed by atoms with Crippen LogP contribution in [0.3, 0.4) is 0 Å². The first kappa shape index (κ1) is 26.0. The van der Waals surface area contributed by atoms with Gasteiger partial charge in [-0.3, -0.25) is 0 Å². The lowest BCUT2D eigenvalue weighted by Crippen LogP contribution is -2.66. The second kappa shape index (κ2) is 8.20. The summed E-state index contributed by atoms with van der Waals surface area (Å²) in [5, 5.41) is 34.3. The van der Waals surface area contributed by atoms with Crippen LogP contribution < -0.4 is 0 Å². The molecule has 0 radical (unpaired) electrons. The number of rotatable bonds is 5. The van der Waals surface area contributed by atoms with Crippen LogP contribution in [0, 0.1) is 51.2 Å². The first-order valence-electron chi connectivity index (χ1n) is 14.2. The molecule has 0 aromatic carbocycles. The average molecular weight is 463 g/mol. The highest BCUT2D eigenvalue weighted by molar-refractivity contribution is 5.19. The molecule has 0 amide bonds. The smallest absolute Gasteiger partial charge is 0.0651 e. The third-order valence-electron chi connectivity index (χ3n) is 12.6. The predicted molar refractivity (Wildman–Crippen MR) is 136 cm³/mol. The third-order valence-corrected chi connectivity index (χ3v) is 12.6. The number of aliphatic hydroxyl groups excluding tert-OH is 2. The van der Waals surface area contributed by atoms with Gasteiger partial charge in [-0.1, -0.05) is 61.3 Å². The molecule has 0 bridgehead atoms. The van der Waals surface area contributed by atoms with Crippen molar-refractivity contribution in [1.82, 2.24) is 0 Å². The van der Waals surface area contributed by atoms with Crippen molar-refractivity contribution >= 4 is 0 Å². The Balaban J connectivity index is 1.64. The summed E-state index contributed by atoms with van der Waals surface area (Å²) in [6.45, 7) is 18.7. The molecule has 3 nitrogen and oxygen atoms in total. The first-order valence-corrected chi connectivity index (χ1v) is 14.2. The fraction of sp³-hybridized carbons (Fsp3) is 1.00. The molecule has 0 unspecified atom stereocenters. The van der Waals surface area contributed by atoms with E-state index >= 15 is 0 Å². The van der Waals surface area contributed by atoms with Gasteiger partial charge < -0.3 is 15.3 Å². The Morgan fingerprint density at radius 2 is 1.52 bits per heavy atom. The molecular formula is C30H54O3. The van der Waals surface area contributed by atoms with Crippen molar-refractivity contribution in [3.8, 4) is 0 Å². The van der Waals surface area contributed by atoms with E-state index in [-0.39, 0.29) is 45.7 Å². The molecule has 192 valence electrons. The van der Waals surface area contributed by atoms with Crippen LogP contribution in [0.4, 0.5) is 0 Å². The van der Waals surface area contributed by atoms with Crippen molar-refractivity contribution in [3.05, 3.63) is 0 Å². The maximum Gasteiger partial charge on any atom is 0.0651 e. The highest BCUT2D eigenvalue weighted by atomic mass is 16.3. The average Bonchev–Trinajstić information content (AvgIpc) is 3.08. The van der Waals surface area contributed by atoms with Gasteiger partial charge in [0.15, 0.2) is 0 Å². The van der Waals surface area contributed by atoms with E-state index in [1.807, 2.05) is 0 Å². The number of hydrogen-bond donors (Lipinski definition) is 3. The van der Waals surface area contributed by atoms with Crippen LogP contribution in [0.25, 0.3) is 0 Å². The lowest BCUT2D eigenvalue weighted by atomic mass is 9.35. The van der Waals surface area contributed by atoms with Crippen molar-refractivity contribution in [2.45, 2.75) is 137 Å². The zero-order valence-corrected chi connectivity index (χ0v) is 23.0. The summed E-state index contributed by atoms with van der Waals surface area (Å²) in [7, 11) is 0.